The third-order valence-corrected chi connectivity index (χ3v) is 3.72. The van der Waals surface area contributed by atoms with Crippen LogP contribution in [0, 0.1) is 0 Å². The highest BCUT2D eigenvalue weighted by molar-refractivity contribution is 6.30. The van der Waals surface area contributed by atoms with E-state index in [9.17, 15) is 4.79 Å². The number of benzene rings is 1. The van der Waals surface area contributed by atoms with Gasteiger partial charge in [0.05, 0.1) is 6.04 Å². The second kappa shape index (κ2) is 8.84. The third kappa shape index (κ3) is 5.05. The summed E-state index contributed by atoms with van der Waals surface area (Å²) in [7, 11) is 1.80. The highest BCUT2D eigenvalue weighted by Crippen LogP contribution is 2.25. The molecule has 1 amide bonds. The third-order valence-electron chi connectivity index (χ3n) is 3.49. The number of hydrogen-bond donors (Lipinski definition) is 3. The van der Waals surface area contributed by atoms with Gasteiger partial charge < -0.3 is 20.6 Å². The van der Waals surface area contributed by atoms with E-state index in [-0.39, 0.29) is 18.4 Å². The van der Waals surface area contributed by atoms with Crippen molar-refractivity contribution in [2.24, 2.45) is 0 Å². The first-order valence-corrected chi connectivity index (χ1v) is 7.86. The minimum absolute atomic E-state index is 0.0291. The SMILES string of the molecule is CNc1ccnc(NC2CC(=O)N(c3cccc(Cl)c3)C2)n1.O=CO. The lowest BCUT2D eigenvalue weighted by Crippen LogP contribution is -2.28. The Balaban J connectivity index is 0.000000701. The second-order valence-electron chi connectivity index (χ2n) is 5.15. The highest BCUT2D eigenvalue weighted by Gasteiger charge is 2.31. The van der Waals surface area contributed by atoms with Crippen molar-refractivity contribution in [3.05, 3.63) is 41.6 Å². The normalized spacial score (nSPS) is 16.0. The highest BCUT2D eigenvalue weighted by atomic mass is 35.5. The van der Waals surface area contributed by atoms with Crippen LogP contribution < -0.4 is 15.5 Å². The number of hydrogen-bond acceptors (Lipinski definition) is 6. The lowest BCUT2D eigenvalue weighted by Gasteiger charge is -2.17. The Labute approximate surface area is 149 Å². The van der Waals surface area contributed by atoms with Crippen molar-refractivity contribution in [3.63, 3.8) is 0 Å². The van der Waals surface area contributed by atoms with Gasteiger partial charge in [0.15, 0.2) is 0 Å². The van der Waals surface area contributed by atoms with Gasteiger partial charge in [-0.3, -0.25) is 9.59 Å². The molecular formula is C16H18ClN5O3. The van der Waals surface area contributed by atoms with Gasteiger partial charge in [0.25, 0.3) is 6.47 Å². The van der Waals surface area contributed by atoms with E-state index in [4.69, 9.17) is 21.5 Å². The van der Waals surface area contributed by atoms with E-state index in [1.54, 1.807) is 36.3 Å². The molecule has 1 fully saturated rings. The van der Waals surface area contributed by atoms with Crippen LogP contribution in [0.25, 0.3) is 0 Å². The standard InChI is InChI=1S/C15H16ClN5O.CH2O2/c1-17-13-5-6-18-15(20-13)19-11-8-14(22)21(9-11)12-4-2-3-10(16)7-12;2-1-3/h2-7,11H,8-9H2,1H3,(H2,17,18,19,20);1H,(H,2,3). The van der Waals surface area contributed by atoms with Crippen LogP contribution in [0.1, 0.15) is 6.42 Å². The van der Waals surface area contributed by atoms with Crippen molar-refractivity contribution >= 4 is 41.4 Å². The number of carbonyl (C=O) groups excluding carboxylic acids is 1. The van der Waals surface area contributed by atoms with Crippen LogP contribution in [0.3, 0.4) is 0 Å². The Kier molecular flexibility index (Phi) is 6.53. The van der Waals surface area contributed by atoms with Crippen LogP contribution in [0.4, 0.5) is 17.5 Å². The maximum Gasteiger partial charge on any atom is 0.290 e. The molecule has 1 atom stereocenters. The molecule has 1 aliphatic heterocycles. The summed E-state index contributed by atoms with van der Waals surface area (Å²) in [5.41, 5.74) is 0.812. The van der Waals surface area contributed by atoms with Gasteiger partial charge in [-0.05, 0) is 24.3 Å². The predicted molar refractivity (Wildman–Crippen MR) is 96.1 cm³/mol. The monoisotopic (exact) mass is 363 g/mol. The van der Waals surface area contributed by atoms with Gasteiger partial charge in [0.2, 0.25) is 11.9 Å². The molecule has 0 bridgehead atoms. The summed E-state index contributed by atoms with van der Waals surface area (Å²) in [6, 6.07) is 9.05. The summed E-state index contributed by atoms with van der Waals surface area (Å²) in [4.78, 5) is 30.8. The molecule has 2 heterocycles. The van der Waals surface area contributed by atoms with E-state index in [1.165, 1.54) is 0 Å². The maximum atomic E-state index is 12.2. The van der Waals surface area contributed by atoms with Crippen LogP contribution in [0.5, 0.6) is 0 Å². The van der Waals surface area contributed by atoms with E-state index >= 15 is 0 Å². The molecule has 3 N–H and O–H groups in total. The van der Waals surface area contributed by atoms with Crippen molar-refractivity contribution in [1.82, 2.24) is 9.97 Å². The minimum Gasteiger partial charge on any atom is -0.483 e. The molecule has 1 aliphatic rings. The van der Waals surface area contributed by atoms with Crippen molar-refractivity contribution in [2.75, 3.05) is 29.1 Å². The molecule has 0 radical (unpaired) electrons. The Morgan fingerprint density at radius 3 is 2.84 bits per heavy atom. The molecule has 0 spiro atoms. The molecular weight excluding hydrogens is 346 g/mol. The lowest BCUT2D eigenvalue weighted by atomic mass is 10.2. The lowest BCUT2D eigenvalue weighted by molar-refractivity contribution is -0.123. The fraction of sp³-hybridized carbons (Fsp3) is 0.250. The number of aromatic nitrogens is 2. The van der Waals surface area contributed by atoms with Crippen LogP contribution in [-0.4, -0.2) is 47.1 Å². The number of amides is 1. The van der Waals surface area contributed by atoms with Crippen LogP contribution in [-0.2, 0) is 9.59 Å². The molecule has 8 nitrogen and oxygen atoms in total. The van der Waals surface area contributed by atoms with Gasteiger partial charge >= 0.3 is 0 Å². The van der Waals surface area contributed by atoms with Crippen molar-refractivity contribution in [2.45, 2.75) is 12.5 Å². The Hall–Kier alpha value is -2.87. The molecule has 132 valence electrons. The molecule has 25 heavy (non-hydrogen) atoms. The first-order chi connectivity index (χ1) is 12.1. The van der Waals surface area contributed by atoms with Gasteiger partial charge in [-0.2, -0.15) is 4.98 Å². The van der Waals surface area contributed by atoms with Gasteiger partial charge in [0.1, 0.15) is 5.82 Å². The van der Waals surface area contributed by atoms with E-state index in [0.29, 0.717) is 23.9 Å². The zero-order valence-electron chi connectivity index (χ0n) is 13.5. The number of carboxylic acid groups (broad SMARTS) is 1. The van der Waals surface area contributed by atoms with Crippen LogP contribution >= 0.6 is 11.6 Å². The zero-order valence-corrected chi connectivity index (χ0v) is 14.3. The van der Waals surface area contributed by atoms with Crippen molar-refractivity contribution < 1.29 is 14.7 Å². The summed E-state index contributed by atoms with van der Waals surface area (Å²) in [5, 5.41) is 13.7. The first-order valence-electron chi connectivity index (χ1n) is 7.48. The summed E-state index contributed by atoms with van der Waals surface area (Å²) >= 11 is 5.99. The van der Waals surface area contributed by atoms with E-state index in [2.05, 4.69) is 20.6 Å². The number of halogens is 1. The Morgan fingerprint density at radius 2 is 2.16 bits per heavy atom. The minimum atomic E-state index is -0.250. The number of nitrogens with zero attached hydrogens (tertiary/aromatic N) is 3. The molecule has 2 aromatic rings. The quantitative estimate of drug-likeness (QED) is 0.714. The van der Waals surface area contributed by atoms with Crippen molar-refractivity contribution in [1.29, 1.82) is 0 Å². The topological polar surface area (TPSA) is 107 Å². The molecule has 1 unspecified atom stereocenters. The molecule has 0 saturated carbocycles. The first kappa shape index (κ1) is 18.5. The van der Waals surface area contributed by atoms with E-state index in [0.717, 1.165) is 11.5 Å². The number of nitrogens with one attached hydrogen (secondary N) is 2. The molecule has 0 aliphatic carbocycles. The average Bonchev–Trinajstić information content (AvgIpc) is 2.96. The van der Waals surface area contributed by atoms with Crippen LogP contribution in [0.15, 0.2) is 36.5 Å². The van der Waals surface area contributed by atoms with E-state index < -0.39 is 0 Å². The fourth-order valence-electron chi connectivity index (χ4n) is 2.45. The Bertz CT molecular complexity index is 743. The number of rotatable bonds is 4. The summed E-state index contributed by atoms with van der Waals surface area (Å²) in [6.45, 7) is 0.312. The number of carbonyl (C=O) groups is 2. The van der Waals surface area contributed by atoms with Crippen molar-refractivity contribution in [3.8, 4) is 0 Å². The summed E-state index contributed by atoms with van der Waals surface area (Å²) in [6.07, 6.45) is 2.08. The second-order valence-corrected chi connectivity index (χ2v) is 5.59. The molecule has 1 aromatic heterocycles. The van der Waals surface area contributed by atoms with Crippen LogP contribution in [0.2, 0.25) is 5.02 Å². The van der Waals surface area contributed by atoms with Gasteiger partial charge in [-0.1, -0.05) is 17.7 Å². The molecule has 9 heteroatoms. The largest absolute Gasteiger partial charge is 0.483 e. The zero-order chi connectivity index (χ0) is 18.2. The average molecular weight is 364 g/mol. The Morgan fingerprint density at radius 1 is 1.40 bits per heavy atom. The summed E-state index contributed by atoms with van der Waals surface area (Å²) in [5.74, 6) is 1.30. The van der Waals surface area contributed by atoms with E-state index in [1.807, 2.05) is 12.1 Å². The smallest absolute Gasteiger partial charge is 0.290 e. The summed E-state index contributed by atoms with van der Waals surface area (Å²) < 4.78 is 0. The van der Waals surface area contributed by atoms with Gasteiger partial charge in [-0.25, -0.2) is 4.98 Å². The maximum absolute atomic E-state index is 12.2. The van der Waals surface area contributed by atoms with Gasteiger partial charge in [-0.15, -0.1) is 0 Å². The predicted octanol–water partition coefficient (Wildman–Crippen LogP) is 2.09. The van der Waals surface area contributed by atoms with Gasteiger partial charge in [0, 0.05) is 36.9 Å². The number of anilines is 3. The molecule has 1 aromatic carbocycles. The fourth-order valence-corrected chi connectivity index (χ4v) is 2.63. The molecule has 1 saturated heterocycles. The molecule has 3 rings (SSSR count).